The van der Waals surface area contributed by atoms with Gasteiger partial charge in [0.05, 0.1) is 40.2 Å². The lowest BCUT2D eigenvalue weighted by atomic mass is 9.77. The van der Waals surface area contributed by atoms with E-state index in [2.05, 4.69) is 6.08 Å². The van der Waals surface area contributed by atoms with Crippen molar-refractivity contribution >= 4 is 17.7 Å². The Bertz CT molecular complexity index is 1110. The van der Waals surface area contributed by atoms with E-state index in [0.717, 1.165) is 41.7 Å². The fourth-order valence-corrected chi connectivity index (χ4v) is 4.78. The van der Waals surface area contributed by atoms with E-state index in [1.165, 1.54) is 0 Å². The average Bonchev–Trinajstić information content (AvgIpc) is 3.24. The molecule has 0 saturated heterocycles. The number of fused-ring (bicyclic) bond motifs is 1. The topological polar surface area (TPSA) is 69.6 Å². The van der Waals surface area contributed by atoms with Crippen LogP contribution in [0.5, 0.6) is 23.0 Å². The van der Waals surface area contributed by atoms with Crippen molar-refractivity contribution in [2.75, 3.05) is 28.4 Å². The fraction of sp³-hybridized carbons (Fsp3) is 0.385. The highest BCUT2D eigenvalue weighted by atomic mass is 16.5. The number of rotatable bonds is 6. The third-order valence-electron chi connectivity index (χ3n) is 6.32. The molecule has 7 nitrogen and oxygen atoms in total. The summed E-state index contributed by atoms with van der Waals surface area (Å²) in [6, 6.07) is 11.5. The van der Waals surface area contributed by atoms with Gasteiger partial charge >= 0.3 is 0 Å². The van der Waals surface area contributed by atoms with Gasteiger partial charge in [0, 0.05) is 12.8 Å². The maximum atomic E-state index is 12.6. The predicted octanol–water partition coefficient (Wildman–Crippen LogP) is 4.86. The molecule has 2 aromatic rings. The van der Waals surface area contributed by atoms with Crippen molar-refractivity contribution in [3.05, 3.63) is 53.1 Å². The van der Waals surface area contributed by atoms with Gasteiger partial charge in [0.2, 0.25) is 5.91 Å². The number of hydrogen-bond donors (Lipinski definition) is 0. The Morgan fingerprint density at radius 2 is 1.58 bits per heavy atom. The summed E-state index contributed by atoms with van der Waals surface area (Å²) in [5, 5.41) is 6.44. The molecule has 174 valence electrons. The molecule has 33 heavy (non-hydrogen) atoms. The van der Waals surface area contributed by atoms with Crippen LogP contribution in [0.1, 0.15) is 43.4 Å². The zero-order chi connectivity index (χ0) is 23.5. The molecule has 1 saturated carbocycles. The zero-order valence-electron chi connectivity index (χ0n) is 19.8. The van der Waals surface area contributed by atoms with Crippen molar-refractivity contribution in [2.45, 2.75) is 32.2 Å². The van der Waals surface area contributed by atoms with E-state index in [4.69, 9.17) is 24.0 Å². The average molecular weight is 451 g/mol. The Hall–Kier alpha value is -3.48. The van der Waals surface area contributed by atoms with Crippen LogP contribution in [0.4, 0.5) is 0 Å². The zero-order valence-corrected chi connectivity index (χ0v) is 19.8. The molecular weight excluding hydrogens is 420 g/mol. The first kappa shape index (κ1) is 22.7. The number of ether oxygens (including phenoxy) is 4. The highest BCUT2D eigenvalue weighted by Crippen LogP contribution is 2.46. The summed E-state index contributed by atoms with van der Waals surface area (Å²) < 4.78 is 21.7. The highest BCUT2D eigenvalue weighted by molar-refractivity contribution is 6.08. The summed E-state index contributed by atoms with van der Waals surface area (Å²) >= 11 is 0. The molecule has 1 heterocycles. The lowest BCUT2D eigenvalue weighted by Gasteiger charge is -2.29. The number of carbonyl (C=O) groups is 1. The minimum Gasteiger partial charge on any atom is -0.493 e. The quantitative estimate of drug-likeness (QED) is 0.628. The molecule has 1 amide bonds. The second-order valence-electron chi connectivity index (χ2n) is 8.19. The molecule has 0 unspecified atom stereocenters. The molecule has 4 rings (SSSR count). The molecule has 0 bridgehead atoms. The van der Waals surface area contributed by atoms with Gasteiger partial charge < -0.3 is 18.9 Å². The van der Waals surface area contributed by atoms with E-state index in [9.17, 15) is 4.79 Å². The maximum Gasteiger partial charge on any atom is 0.240 e. The summed E-state index contributed by atoms with van der Waals surface area (Å²) in [5.41, 5.74) is 4.12. The van der Waals surface area contributed by atoms with Crippen molar-refractivity contribution in [3.63, 3.8) is 0 Å². The number of hydrogen-bond acceptors (Lipinski definition) is 6. The first-order valence-corrected chi connectivity index (χ1v) is 11.0. The van der Waals surface area contributed by atoms with Gasteiger partial charge in [0.1, 0.15) is 0 Å². The molecule has 0 N–H and O–H groups in total. The van der Waals surface area contributed by atoms with Crippen molar-refractivity contribution in [2.24, 2.45) is 11.0 Å². The molecule has 2 atom stereocenters. The first-order chi connectivity index (χ1) is 16.0. The van der Waals surface area contributed by atoms with Crippen LogP contribution < -0.4 is 18.9 Å². The van der Waals surface area contributed by atoms with Gasteiger partial charge in [-0.3, -0.25) is 4.79 Å². The Morgan fingerprint density at radius 3 is 2.21 bits per heavy atom. The van der Waals surface area contributed by atoms with Crippen LogP contribution in [0.2, 0.25) is 0 Å². The van der Waals surface area contributed by atoms with Crippen molar-refractivity contribution in [3.8, 4) is 23.0 Å². The van der Waals surface area contributed by atoms with Crippen molar-refractivity contribution < 1.29 is 23.7 Å². The molecule has 0 radical (unpaired) electrons. The van der Waals surface area contributed by atoms with Gasteiger partial charge in [-0.15, -0.1) is 0 Å². The molecule has 0 aromatic heterocycles. The number of hydrazone groups is 1. The number of nitrogens with zero attached hydrogens (tertiary/aromatic N) is 2. The molecule has 1 aliphatic heterocycles. The number of allylic oxidation sites excluding steroid dienone is 1. The maximum absolute atomic E-state index is 12.6. The Morgan fingerprint density at radius 1 is 0.939 bits per heavy atom. The summed E-state index contributed by atoms with van der Waals surface area (Å²) in [6.07, 6.45) is 5.04. The number of amides is 1. The van der Waals surface area contributed by atoms with Crippen LogP contribution >= 0.6 is 0 Å². The van der Waals surface area contributed by atoms with Gasteiger partial charge in [-0.2, -0.15) is 5.10 Å². The lowest BCUT2D eigenvalue weighted by molar-refractivity contribution is -0.131. The lowest BCUT2D eigenvalue weighted by Crippen LogP contribution is -2.30. The summed E-state index contributed by atoms with van der Waals surface area (Å²) in [7, 11) is 6.48. The van der Waals surface area contributed by atoms with Crippen LogP contribution in [0.25, 0.3) is 6.08 Å². The SMILES string of the molecule is COc1ccc(/C=C2\CCC[C@@H]3C2=NN(C(C)=O)[C@@H]3c2ccc(OC)c(OC)c2)cc1OC. The number of methoxy groups -OCH3 is 4. The highest BCUT2D eigenvalue weighted by Gasteiger charge is 2.43. The molecule has 2 aromatic carbocycles. The van der Waals surface area contributed by atoms with Crippen molar-refractivity contribution in [1.82, 2.24) is 5.01 Å². The number of benzene rings is 2. The van der Waals surface area contributed by atoms with E-state index in [0.29, 0.717) is 23.0 Å². The van der Waals surface area contributed by atoms with Crippen LogP contribution in [0, 0.1) is 5.92 Å². The second-order valence-corrected chi connectivity index (χ2v) is 8.19. The van der Waals surface area contributed by atoms with Crippen LogP contribution in [-0.4, -0.2) is 45.1 Å². The fourth-order valence-electron chi connectivity index (χ4n) is 4.78. The van der Waals surface area contributed by atoms with E-state index in [1.807, 2.05) is 36.4 Å². The van der Waals surface area contributed by atoms with Crippen LogP contribution in [0.3, 0.4) is 0 Å². The number of carbonyl (C=O) groups excluding carboxylic acids is 1. The predicted molar refractivity (Wildman–Crippen MR) is 127 cm³/mol. The van der Waals surface area contributed by atoms with E-state index >= 15 is 0 Å². The van der Waals surface area contributed by atoms with E-state index in [1.54, 1.807) is 40.4 Å². The second kappa shape index (κ2) is 9.57. The third kappa shape index (κ3) is 4.27. The van der Waals surface area contributed by atoms with Crippen LogP contribution in [0.15, 0.2) is 47.1 Å². The van der Waals surface area contributed by atoms with Gasteiger partial charge in [-0.05, 0) is 66.3 Å². The normalized spacial score (nSPS) is 20.8. The monoisotopic (exact) mass is 450 g/mol. The summed E-state index contributed by atoms with van der Waals surface area (Å²) in [5.74, 6) is 2.71. The minimum atomic E-state index is -0.175. The third-order valence-corrected chi connectivity index (χ3v) is 6.32. The Labute approximate surface area is 194 Å². The molecule has 7 heteroatoms. The molecule has 1 aliphatic carbocycles. The summed E-state index contributed by atoms with van der Waals surface area (Å²) in [4.78, 5) is 12.6. The van der Waals surface area contributed by atoms with Gasteiger partial charge in [-0.25, -0.2) is 5.01 Å². The van der Waals surface area contributed by atoms with Gasteiger partial charge in [0.15, 0.2) is 23.0 Å². The van der Waals surface area contributed by atoms with E-state index < -0.39 is 0 Å². The smallest absolute Gasteiger partial charge is 0.240 e. The molecular formula is C26H30N2O5. The van der Waals surface area contributed by atoms with Crippen molar-refractivity contribution in [1.29, 1.82) is 0 Å². The molecule has 0 spiro atoms. The van der Waals surface area contributed by atoms with Gasteiger partial charge in [0.25, 0.3) is 0 Å². The van der Waals surface area contributed by atoms with E-state index in [-0.39, 0.29) is 17.9 Å². The minimum absolute atomic E-state index is 0.0813. The van der Waals surface area contributed by atoms with Gasteiger partial charge in [-0.1, -0.05) is 12.1 Å². The Kier molecular flexibility index (Phi) is 6.58. The molecule has 2 aliphatic rings. The standard InChI is InChI=1S/C26H30N2O5/c1-16(29)28-26(19-10-12-22(31-3)24(15-19)33-5)20-8-6-7-18(25(20)27-28)13-17-9-11-21(30-2)23(14-17)32-4/h9-15,20,26H,6-8H2,1-5H3/b18-13+/t20-,26-/m1/s1. The Balaban J connectivity index is 1.72. The molecule has 1 fully saturated rings. The van der Waals surface area contributed by atoms with Crippen LogP contribution in [-0.2, 0) is 4.79 Å². The summed E-state index contributed by atoms with van der Waals surface area (Å²) in [6.45, 7) is 1.56. The first-order valence-electron chi connectivity index (χ1n) is 11.0. The largest absolute Gasteiger partial charge is 0.493 e.